The van der Waals surface area contributed by atoms with Crippen molar-refractivity contribution in [2.24, 2.45) is 5.92 Å². The number of rotatable bonds is 4. The first-order valence-electron chi connectivity index (χ1n) is 6.49. The minimum absolute atomic E-state index is 0.0467. The van der Waals surface area contributed by atoms with Gasteiger partial charge in [-0.1, -0.05) is 26.8 Å². The van der Waals surface area contributed by atoms with Crippen LogP contribution in [0.25, 0.3) is 0 Å². The largest absolute Gasteiger partial charge is 0.413 e. The predicted octanol–water partition coefficient (Wildman–Crippen LogP) is 3.11. The van der Waals surface area contributed by atoms with Gasteiger partial charge in [0.25, 0.3) is 0 Å². The van der Waals surface area contributed by atoms with Crippen molar-refractivity contribution in [2.45, 2.75) is 57.8 Å². The maximum Gasteiger partial charge on any atom is 0.192 e. The second-order valence-corrected chi connectivity index (χ2v) is 11.3. The summed E-state index contributed by atoms with van der Waals surface area (Å²) < 4.78 is 6.29. The molecule has 18 heavy (non-hydrogen) atoms. The first kappa shape index (κ1) is 15.3. The Morgan fingerprint density at radius 3 is 2.39 bits per heavy atom. The van der Waals surface area contributed by atoms with Gasteiger partial charge < -0.3 is 4.43 Å². The van der Waals surface area contributed by atoms with E-state index >= 15 is 0 Å². The second-order valence-electron chi connectivity index (χ2n) is 6.55. The third kappa shape index (κ3) is 3.62. The van der Waals surface area contributed by atoms with Gasteiger partial charge in [-0.05, 0) is 24.2 Å². The molecule has 2 atom stereocenters. The van der Waals surface area contributed by atoms with Crippen LogP contribution < -0.4 is 0 Å². The lowest BCUT2D eigenvalue weighted by Crippen LogP contribution is -2.44. The summed E-state index contributed by atoms with van der Waals surface area (Å²) in [5, 5.41) is 0.136. The molecule has 1 aliphatic rings. The smallest absolute Gasteiger partial charge is 0.192 e. The first-order valence-corrected chi connectivity index (χ1v) is 9.39. The van der Waals surface area contributed by atoms with E-state index in [1.807, 2.05) is 6.08 Å². The van der Waals surface area contributed by atoms with Crippen LogP contribution in [0.15, 0.2) is 12.2 Å². The average Bonchev–Trinajstić information content (AvgIpc) is 2.53. The summed E-state index contributed by atoms with van der Waals surface area (Å²) in [6.07, 6.45) is 4.99. The van der Waals surface area contributed by atoms with Crippen LogP contribution >= 0.6 is 0 Å². The van der Waals surface area contributed by atoms with Crippen molar-refractivity contribution in [3.8, 4) is 0 Å². The lowest BCUT2D eigenvalue weighted by atomic mass is 10.1. The van der Waals surface area contributed by atoms with E-state index in [0.29, 0.717) is 12.8 Å². The fourth-order valence-corrected chi connectivity index (χ4v) is 3.29. The van der Waals surface area contributed by atoms with Gasteiger partial charge in [0.15, 0.2) is 8.32 Å². The molecule has 0 radical (unpaired) electrons. The molecule has 1 aliphatic carbocycles. The van der Waals surface area contributed by atoms with E-state index in [1.54, 1.807) is 0 Å². The molecule has 0 aliphatic heterocycles. The minimum Gasteiger partial charge on any atom is -0.413 e. The fourth-order valence-electron chi connectivity index (χ4n) is 1.92. The van der Waals surface area contributed by atoms with Gasteiger partial charge in [-0.2, -0.15) is 0 Å². The topological polar surface area (TPSA) is 43.4 Å². The molecule has 0 amide bonds. The van der Waals surface area contributed by atoms with E-state index in [2.05, 4.69) is 33.9 Å². The lowest BCUT2D eigenvalue weighted by Gasteiger charge is -2.39. The zero-order valence-electron chi connectivity index (χ0n) is 12.0. The molecule has 0 heterocycles. The molecule has 0 bridgehead atoms. The van der Waals surface area contributed by atoms with Crippen molar-refractivity contribution in [1.29, 1.82) is 0 Å². The minimum atomic E-state index is -1.85. The van der Waals surface area contributed by atoms with Gasteiger partial charge in [0.2, 0.25) is 0 Å². The molecular formula is C14H24O3Si. The van der Waals surface area contributed by atoms with Crippen LogP contribution in [0.1, 0.15) is 33.6 Å². The van der Waals surface area contributed by atoms with Gasteiger partial charge in [0.1, 0.15) is 12.1 Å². The molecule has 0 aromatic heterocycles. The number of allylic oxidation sites excluding steroid dienone is 1. The molecule has 0 aromatic carbocycles. The standard InChI is InChI=1S/C14H24O3Si/c1-14(2,3)18(4,5)17-13-10-12(16)9-11(13)7-6-8-15/h6-8,11,13H,9-10H2,1-5H3. The van der Waals surface area contributed by atoms with E-state index in [4.69, 9.17) is 4.43 Å². The summed E-state index contributed by atoms with van der Waals surface area (Å²) in [5.74, 6) is 0.302. The van der Waals surface area contributed by atoms with Crippen LogP contribution in [-0.2, 0) is 14.0 Å². The number of aldehydes is 1. The number of Topliss-reactive ketones (excluding diaryl/α,β-unsaturated/α-hetero) is 1. The first-order chi connectivity index (χ1) is 8.17. The molecule has 0 spiro atoms. The van der Waals surface area contributed by atoms with Crippen LogP contribution in [0.2, 0.25) is 18.1 Å². The van der Waals surface area contributed by atoms with E-state index < -0.39 is 8.32 Å². The van der Waals surface area contributed by atoms with Crippen LogP contribution in [0.3, 0.4) is 0 Å². The summed E-state index contributed by atoms with van der Waals surface area (Å²) >= 11 is 0. The highest BCUT2D eigenvalue weighted by Gasteiger charge is 2.43. The van der Waals surface area contributed by atoms with Gasteiger partial charge in [0.05, 0.1) is 6.10 Å². The molecule has 0 saturated heterocycles. The third-order valence-electron chi connectivity index (χ3n) is 4.06. The van der Waals surface area contributed by atoms with Crippen molar-refractivity contribution in [1.82, 2.24) is 0 Å². The zero-order valence-corrected chi connectivity index (χ0v) is 13.0. The van der Waals surface area contributed by atoms with Gasteiger partial charge in [0, 0.05) is 18.8 Å². The molecule has 1 saturated carbocycles. The molecule has 1 fully saturated rings. The normalized spacial score (nSPS) is 25.9. The van der Waals surface area contributed by atoms with Crippen molar-refractivity contribution in [2.75, 3.05) is 0 Å². The molecule has 1 rings (SSSR count). The number of hydrogen-bond acceptors (Lipinski definition) is 3. The fraction of sp³-hybridized carbons (Fsp3) is 0.714. The Hall–Kier alpha value is -0.743. The Morgan fingerprint density at radius 1 is 1.28 bits per heavy atom. The molecule has 4 heteroatoms. The van der Waals surface area contributed by atoms with Gasteiger partial charge in [-0.15, -0.1) is 0 Å². The Balaban J connectivity index is 2.78. The lowest BCUT2D eigenvalue weighted by molar-refractivity contribution is -0.117. The highest BCUT2D eigenvalue weighted by atomic mass is 28.4. The molecule has 3 nitrogen and oxygen atoms in total. The van der Waals surface area contributed by atoms with Crippen molar-refractivity contribution >= 4 is 20.4 Å². The van der Waals surface area contributed by atoms with Crippen LogP contribution in [0.4, 0.5) is 0 Å². The van der Waals surface area contributed by atoms with Crippen LogP contribution in [-0.4, -0.2) is 26.5 Å². The highest BCUT2D eigenvalue weighted by molar-refractivity contribution is 6.74. The molecular weight excluding hydrogens is 244 g/mol. The second kappa shape index (κ2) is 5.49. The van der Waals surface area contributed by atoms with E-state index in [9.17, 15) is 9.59 Å². The van der Waals surface area contributed by atoms with Gasteiger partial charge in [-0.25, -0.2) is 0 Å². The van der Waals surface area contributed by atoms with E-state index in [-0.39, 0.29) is 22.8 Å². The van der Waals surface area contributed by atoms with Crippen molar-refractivity contribution < 1.29 is 14.0 Å². The van der Waals surface area contributed by atoms with E-state index in [0.717, 1.165) is 6.29 Å². The quantitative estimate of drug-likeness (QED) is 0.447. The van der Waals surface area contributed by atoms with Gasteiger partial charge >= 0.3 is 0 Å². The Labute approximate surface area is 111 Å². The van der Waals surface area contributed by atoms with E-state index in [1.165, 1.54) is 6.08 Å². The summed E-state index contributed by atoms with van der Waals surface area (Å²) in [5.41, 5.74) is 0. The number of ketones is 1. The summed E-state index contributed by atoms with van der Waals surface area (Å²) in [6.45, 7) is 10.9. The van der Waals surface area contributed by atoms with Crippen molar-refractivity contribution in [3.63, 3.8) is 0 Å². The number of hydrogen-bond donors (Lipinski definition) is 0. The maximum atomic E-state index is 11.6. The Morgan fingerprint density at radius 2 is 1.89 bits per heavy atom. The third-order valence-corrected chi connectivity index (χ3v) is 8.56. The van der Waals surface area contributed by atoms with Crippen LogP contribution in [0, 0.1) is 5.92 Å². The van der Waals surface area contributed by atoms with Gasteiger partial charge in [-0.3, -0.25) is 9.59 Å². The summed E-state index contributed by atoms with van der Waals surface area (Å²) in [6, 6.07) is 0. The number of carbonyl (C=O) groups excluding carboxylic acids is 2. The molecule has 102 valence electrons. The average molecular weight is 268 g/mol. The monoisotopic (exact) mass is 268 g/mol. The Bertz CT molecular complexity index is 353. The highest BCUT2D eigenvalue weighted by Crippen LogP contribution is 2.40. The van der Waals surface area contributed by atoms with Crippen molar-refractivity contribution in [3.05, 3.63) is 12.2 Å². The summed E-state index contributed by atoms with van der Waals surface area (Å²) in [7, 11) is -1.85. The predicted molar refractivity (Wildman–Crippen MR) is 75.0 cm³/mol. The Kier molecular flexibility index (Phi) is 4.67. The maximum absolute atomic E-state index is 11.6. The zero-order chi connectivity index (χ0) is 14.0. The summed E-state index contributed by atoms with van der Waals surface area (Å²) in [4.78, 5) is 22.0. The molecule has 0 N–H and O–H groups in total. The number of carbonyl (C=O) groups is 2. The van der Waals surface area contributed by atoms with Crippen LogP contribution in [0.5, 0.6) is 0 Å². The SMILES string of the molecule is CC(C)(C)[Si](C)(C)OC1CC(=O)CC1C=CC=O. The molecule has 0 aromatic rings. The molecule has 2 unspecified atom stereocenters.